The first-order valence-electron chi connectivity index (χ1n) is 6.31. The van der Waals surface area contributed by atoms with Gasteiger partial charge >= 0.3 is 0 Å². The lowest BCUT2D eigenvalue weighted by atomic mass is 10.1. The monoisotopic (exact) mass is 274 g/mol. The van der Waals surface area contributed by atoms with Gasteiger partial charge < -0.3 is 9.64 Å². The second-order valence-corrected chi connectivity index (χ2v) is 4.83. The molecule has 1 aliphatic rings. The summed E-state index contributed by atoms with van der Waals surface area (Å²) in [6.07, 6.45) is 2.13. The van der Waals surface area contributed by atoms with E-state index in [1.165, 1.54) is 7.11 Å². The van der Waals surface area contributed by atoms with Crippen molar-refractivity contribution in [2.24, 2.45) is 5.92 Å². The summed E-state index contributed by atoms with van der Waals surface area (Å²) in [7, 11) is 1.54. The van der Waals surface area contributed by atoms with Crippen LogP contribution in [0.15, 0.2) is 6.07 Å². The van der Waals surface area contributed by atoms with Gasteiger partial charge in [0.05, 0.1) is 6.61 Å². The zero-order valence-electron chi connectivity index (χ0n) is 11.0. The van der Waals surface area contributed by atoms with Crippen LogP contribution in [0.5, 0.6) is 0 Å². The molecule has 106 valence electrons. The number of ether oxygens (including phenoxy) is 1. The van der Waals surface area contributed by atoms with Crippen molar-refractivity contribution in [2.75, 3.05) is 25.2 Å². The van der Waals surface area contributed by atoms with Crippen LogP contribution in [0.4, 0.5) is 19.0 Å². The molecule has 1 aliphatic carbocycles. The third kappa shape index (κ3) is 3.18. The number of rotatable bonds is 6. The molecule has 1 unspecified atom stereocenters. The molecule has 0 amide bonds. The summed E-state index contributed by atoms with van der Waals surface area (Å²) >= 11 is 0. The molecule has 19 heavy (non-hydrogen) atoms. The number of nitrogens with zero attached hydrogens (tertiary/aromatic N) is 2. The quantitative estimate of drug-likeness (QED) is 0.746. The normalized spacial score (nSPS) is 16.5. The van der Waals surface area contributed by atoms with Crippen molar-refractivity contribution in [1.29, 1.82) is 0 Å². The summed E-state index contributed by atoms with van der Waals surface area (Å²) in [5.74, 6) is -3.09. The van der Waals surface area contributed by atoms with E-state index in [4.69, 9.17) is 4.74 Å². The predicted octanol–water partition coefficient (Wildman–Crippen LogP) is 2.75. The molecule has 0 spiro atoms. The van der Waals surface area contributed by atoms with E-state index < -0.39 is 17.6 Å². The van der Waals surface area contributed by atoms with Crippen LogP contribution < -0.4 is 4.90 Å². The lowest BCUT2D eigenvalue weighted by Crippen LogP contribution is -2.38. The smallest absolute Gasteiger partial charge is 0.251 e. The highest BCUT2D eigenvalue weighted by Gasteiger charge is 2.34. The SMILES string of the molecule is COCCN(c1nc(F)c(F)cc1F)C(C)C1CC1. The minimum absolute atomic E-state index is 0.0296. The zero-order chi connectivity index (χ0) is 14.0. The van der Waals surface area contributed by atoms with Gasteiger partial charge in [-0.2, -0.15) is 9.37 Å². The maximum atomic E-state index is 13.8. The van der Waals surface area contributed by atoms with Gasteiger partial charge in [0, 0.05) is 25.8 Å². The number of pyridine rings is 1. The number of methoxy groups -OCH3 is 1. The van der Waals surface area contributed by atoms with Crippen molar-refractivity contribution in [2.45, 2.75) is 25.8 Å². The maximum Gasteiger partial charge on any atom is 0.251 e. The molecule has 6 heteroatoms. The van der Waals surface area contributed by atoms with Gasteiger partial charge in [0.15, 0.2) is 17.5 Å². The Balaban J connectivity index is 2.28. The van der Waals surface area contributed by atoms with Crippen LogP contribution in [0.25, 0.3) is 0 Å². The number of halogens is 3. The molecule has 1 heterocycles. The predicted molar refractivity (Wildman–Crippen MR) is 65.5 cm³/mol. The Kier molecular flexibility index (Phi) is 4.29. The first kappa shape index (κ1) is 14.1. The van der Waals surface area contributed by atoms with Crippen LogP contribution >= 0.6 is 0 Å². The van der Waals surface area contributed by atoms with Crippen LogP contribution in [0, 0.1) is 23.5 Å². The number of hydrogen-bond donors (Lipinski definition) is 0. The van der Waals surface area contributed by atoms with Gasteiger partial charge in [0.2, 0.25) is 0 Å². The average molecular weight is 274 g/mol. The molecular formula is C13H17F3N2O. The summed E-state index contributed by atoms with van der Waals surface area (Å²) < 4.78 is 44.9. The maximum absolute atomic E-state index is 13.8. The van der Waals surface area contributed by atoms with E-state index in [-0.39, 0.29) is 11.9 Å². The molecule has 1 atom stereocenters. The van der Waals surface area contributed by atoms with Crippen molar-refractivity contribution in [3.63, 3.8) is 0 Å². The number of hydrogen-bond acceptors (Lipinski definition) is 3. The van der Waals surface area contributed by atoms with Crippen molar-refractivity contribution < 1.29 is 17.9 Å². The van der Waals surface area contributed by atoms with Crippen LogP contribution in [0.3, 0.4) is 0 Å². The molecule has 1 fully saturated rings. The van der Waals surface area contributed by atoms with Crippen LogP contribution in [-0.2, 0) is 4.74 Å². The third-order valence-electron chi connectivity index (χ3n) is 3.47. The fourth-order valence-electron chi connectivity index (χ4n) is 2.16. The molecule has 1 aromatic heterocycles. The molecular weight excluding hydrogens is 257 g/mol. The largest absolute Gasteiger partial charge is 0.383 e. The lowest BCUT2D eigenvalue weighted by molar-refractivity contribution is 0.202. The summed E-state index contributed by atoms with van der Waals surface area (Å²) in [6.45, 7) is 2.70. The van der Waals surface area contributed by atoms with Crippen molar-refractivity contribution in [3.8, 4) is 0 Å². The molecule has 0 radical (unpaired) electrons. The fraction of sp³-hybridized carbons (Fsp3) is 0.615. The van der Waals surface area contributed by atoms with E-state index >= 15 is 0 Å². The second-order valence-electron chi connectivity index (χ2n) is 4.83. The average Bonchev–Trinajstić information content (AvgIpc) is 3.19. The summed E-state index contributed by atoms with van der Waals surface area (Å²) in [5.41, 5.74) is 0. The van der Waals surface area contributed by atoms with Crippen molar-refractivity contribution in [1.82, 2.24) is 4.98 Å². The van der Waals surface area contributed by atoms with E-state index in [0.29, 0.717) is 25.1 Å². The van der Waals surface area contributed by atoms with Gasteiger partial charge in [0.1, 0.15) is 0 Å². The zero-order valence-corrected chi connectivity index (χ0v) is 11.0. The van der Waals surface area contributed by atoms with Gasteiger partial charge in [-0.25, -0.2) is 8.78 Å². The van der Waals surface area contributed by atoms with Crippen molar-refractivity contribution in [3.05, 3.63) is 23.6 Å². The van der Waals surface area contributed by atoms with E-state index in [0.717, 1.165) is 12.8 Å². The Morgan fingerprint density at radius 1 is 1.37 bits per heavy atom. The Morgan fingerprint density at radius 3 is 2.63 bits per heavy atom. The molecule has 0 bridgehead atoms. The van der Waals surface area contributed by atoms with E-state index in [1.807, 2.05) is 6.92 Å². The summed E-state index contributed by atoms with van der Waals surface area (Å²) in [6, 6.07) is 0.568. The second kappa shape index (κ2) is 5.77. The Morgan fingerprint density at radius 2 is 2.05 bits per heavy atom. The standard InChI is InChI=1S/C13H17F3N2O/c1-8(9-3-4-9)18(5-6-19-2)13-11(15)7-10(14)12(16)17-13/h7-9H,3-6H2,1-2H3. The Bertz CT molecular complexity index is 452. The third-order valence-corrected chi connectivity index (χ3v) is 3.47. The number of anilines is 1. The topological polar surface area (TPSA) is 25.4 Å². The fourth-order valence-corrected chi connectivity index (χ4v) is 2.16. The van der Waals surface area contributed by atoms with E-state index in [2.05, 4.69) is 4.98 Å². The summed E-state index contributed by atoms with van der Waals surface area (Å²) in [5, 5.41) is 0. The number of aromatic nitrogens is 1. The van der Waals surface area contributed by atoms with Crippen LogP contribution in [0.2, 0.25) is 0 Å². The Hall–Kier alpha value is -1.30. The molecule has 1 saturated carbocycles. The van der Waals surface area contributed by atoms with Crippen LogP contribution in [0.1, 0.15) is 19.8 Å². The molecule has 2 rings (SSSR count). The highest BCUT2D eigenvalue weighted by atomic mass is 19.2. The van der Waals surface area contributed by atoms with Gasteiger partial charge in [-0.1, -0.05) is 0 Å². The molecule has 3 nitrogen and oxygen atoms in total. The minimum Gasteiger partial charge on any atom is -0.383 e. The Labute approximate surface area is 110 Å². The van der Waals surface area contributed by atoms with Gasteiger partial charge in [0.25, 0.3) is 5.95 Å². The first-order chi connectivity index (χ1) is 9.04. The van der Waals surface area contributed by atoms with E-state index in [9.17, 15) is 13.2 Å². The highest BCUT2D eigenvalue weighted by Crippen LogP contribution is 2.37. The summed E-state index contributed by atoms with van der Waals surface area (Å²) in [4.78, 5) is 5.06. The van der Waals surface area contributed by atoms with E-state index in [1.54, 1.807) is 4.90 Å². The van der Waals surface area contributed by atoms with Crippen LogP contribution in [-0.4, -0.2) is 31.3 Å². The van der Waals surface area contributed by atoms with Gasteiger partial charge in [-0.15, -0.1) is 0 Å². The lowest BCUT2D eigenvalue weighted by Gasteiger charge is -2.30. The molecule has 1 aromatic rings. The molecule has 0 saturated heterocycles. The molecule has 0 aromatic carbocycles. The molecule has 0 aliphatic heterocycles. The highest BCUT2D eigenvalue weighted by molar-refractivity contribution is 5.42. The molecule has 0 N–H and O–H groups in total. The van der Waals surface area contributed by atoms with Gasteiger partial charge in [-0.3, -0.25) is 0 Å². The van der Waals surface area contributed by atoms with Crippen molar-refractivity contribution >= 4 is 5.82 Å². The first-order valence-corrected chi connectivity index (χ1v) is 6.31. The van der Waals surface area contributed by atoms with Gasteiger partial charge in [-0.05, 0) is 25.7 Å². The minimum atomic E-state index is -1.28.